The van der Waals surface area contributed by atoms with Gasteiger partial charge in [-0.1, -0.05) is 16.7 Å². The van der Waals surface area contributed by atoms with E-state index in [1.54, 1.807) is 0 Å². The molecule has 0 saturated carbocycles. The van der Waals surface area contributed by atoms with Crippen molar-refractivity contribution in [2.45, 2.75) is 38.8 Å². The topological polar surface area (TPSA) is 60.2 Å². The lowest BCUT2D eigenvalue weighted by Gasteiger charge is -2.22. The van der Waals surface area contributed by atoms with Gasteiger partial charge in [-0.3, -0.25) is 0 Å². The molecule has 1 aromatic rings. The quantitative estimate of drug-likeness (QED) is 0.806. The van der Waals surface area contributed by atoms with Crippen LogP contribution in [0.15, 0.2) is 4.63 Å². The third-order valence-corrected chi connectivity index (χ3v) is 2.72. The maximum atomic E-state index is 5.57. The largest absolute Gasteiger partial charge is 0.373 e. The molecule has 0 bridgehead atoms. The SMILES string of the molecule is Cc1nonc1COCC1CCCCN1. The van der Waals surface area contributed by atoms with Gasteiger partial charge in [0.05, 0.1) is 13.2 Å². The number of nitrogens with one attached hydrogen (secondary N) is 1. The number of hydrogen-bond donors (Lipinski definition) is 1. The number of aryl methyl sites for hydroxylation is 1. The fourth-order valence-electron chi connectivity index (χ4n) is 1.74. The van der Waals surface area contributed by atoms with Crippen molar-refractivity contribution in [1.82, 2.24) is 15.6 Å². The first kappa shape index (κ1) is 10.6. The summed E-state index contributed by atoms with van der Waals surface area (Å²) in [6.07, 6.45) is 3.78. The highest BCUT2D eigenvalue weighted by molar-refractivity contribution is 5.02. The Morgan fingerprint density at radius 1 is 1.47 bits per heavy atom. The lowest BCUT2D eigenvalue weighted by Crippen LogP contribution is -2.37. The van der Waals surface area contributed by atoms with Gasteiger partial charge >= 0.3 is 0 Å². The Kier molecular flexibility index (Phi) is 3.69. The zero-order valence-corrected chi connectivity index (χ0v) is 9.03. The van der Waals surface area contributed by atoms with E-state index in [4.69, 9.17) is 4.74 Å². The molecular weight excluding hydrogens is 194 g/mol. The molecule has 0 aliphatic carbocycles. The van der Waals surface area contributed by atoms with Crippen molar-refractivity contribution >= 4 is 0 Å². The molecule has 1 aliphatic rings. The smallest absolute Gasteiger partial charge is 0.133 e. The van der Waals surface area contributed by atoms with Crippen LogP contribution in [-0.2, 0) is 11.3 Å². The molecule has 1 aromatic heterocycles. The number of aromatic nitrogens is 2. The van der Waals surface area contributed by atoms with Gasteiger partial charge in [0.25, 0.3) is 0 Å². The Bertz CT molecular complexity index is 295. The first-order chi connectivity index (χ1) is 7.36. The third kappa shape index (κ3) is 3.00. The van der Waals surface area contributed by atoms with Crippen molar-refractivity contribution in [3.8, 4) is 0 Å². The van der Waals surface area contributed by atoms with E-state index < -0.39 is 0 Å². The average molecular weight is 211 g/mol. The van der Waals surface area contributed by atoms with Crippen molar-refractivity contribution in [3.05, 3.63) is 11.4 Å². The van der Waals surface area contributed by atoms with Gasteiger partial charge in [-0.2, -0.15) is 0 Å². The van der Waals surface area contributed by atoms with Crippen molar-refractivity contribution in [1.29, 1.82) is 0 Å². The zero-order chi connectivity index (χ0) is 10.5. The molecule has 1 atom stereocenters. The summed E-state index contributed by atoms with van der Waals surface area (Å²) in [5, 5.41) is 10.9. The van der Waals surface area contributed by atoms with Gasteiger partial charge < -0.3 is 10.1 Å². The van der Waals surface area contributed by atoms with Gasteiger partial charge in [-0.15, -0.1) is 0 Å². The summed E-state index contributed by atoms with van der Waals surface area (Å²) in [4.78, 5) is 0. The average Bonchev–Trinajstić information content (AvgIpc) is 2.66. The van der Waals surface area contributed by atoms with Gasteiger partial charge in [0.15, 0.2) is 0 Å². The van der Waals surface area contributed by atoms with Gasteiger partial charge in [-0.05, 0) is 26.3 Å². The first-order valence-electron chi connectivity index (χ1n) is 5.45. The molecule has 5 heteroatoms. The second-order valence-corrected chi connectivity index (χ2v) is 3.96. The van der Waals surface area contributed by atoms with Crippen LogP contribution < -0.4 is 5.32 Å². The van der Waals surface area contributed by atoms with E-state index in [0.29, 0.717) is 12.6 Å². The molecule has 0 aromatic carbocycles. The number of ether oxygens (including phenoxy) is 1. The number of hydrogen-bond acceptors (Lipinski definition) is 5. The van der Waals surface area contributed by atoms with Gasteiger partial charge in [0, 0.05) is 6.04 Å². The Morgan fingerprint density at radius 2 is 2.40 bits per heavy atom. The number of nitrogens with zero attached hydrogens (tertiary/aromatic N) is 2. The minimum absolute atomic E-state index is 0.494. The van der Waals surface area contributed by atoms with E-state index in [9.17, 15) is 0 Å². The monoisotopic (exact) mass is 211 g/mol. The van der Waals surface area contributed by atoms with Crippen LogP contribution in [0.5, 0.6) is 0 Å². The highest BCUT2D eigenvalue weighted by Crippen LogP contribution is 2.08. The Balaban J connectivity index is 1.68. The molecule has 1 aliphatic heterocycles. The minimum Gasteiger partial charge on any atom is -0.373 e. The summed E-state index contributed by atoms with van der Waals surface area (Å²) in [5.41, 5.74) is 1.61. The van der Waals surface area contributed by atoms with Gasteiger partial charge in [0.1, 0.15) is 11.4 Å². The highest BCUT2D eigenvalue weighted by Gasteiger charge is 2.13. The number of rotatable bonds is 4. The van der Waals surface area contributed by atoms with Crippen LogP contribution in [0.4, 0.5) is 0 Å². The maximum Gasteiger partial charge on any atom is 0.133 e. The van der Waals surface area contributed by atoms with Crippen LogP contribution in [0.1, 0.15) is 30.7 Å². The van der Waals surface area contributed by atoms with Crippen LogP contribution in [0.3, 0.4) is 0 Å². The Labute approximate surface area is 89.1 Å². The van der Waals surface area contributed by atoms with Crippen molar-refractivity contribution in [2.75, 3.05) is 13.2 Å². The van der Waals surface area contributed by atoms with Crippen molar-refractivity contribution < 1.29 is 9.37 Å². The molecular formula is C10H17N3O2. The molecule has 2 heterocycles. The predicted molar refractivity (Wildman–Crippen MR) is 54.3 cm³/mol. The van der Waals surface area contributed by atoms with Crippen LogP contribution in [0.25, 0.3) is 0 Å². The highest BCUT2D eigenvalue weighted by atomic mass is 16.6. The van der Waals surface area contributed by atoms with Gasteiger partial charge in [0.2, 0.25) is 0 Å². The summed E-state index contributed by atoms with van der Waals surface area (Å²) < 4.78 is 10.2. The first-order valence-corrected chi connectivity index (χ1v) is 5.45. The standard InChI is InChI=1S/C10H17N3O2/c1-8-10(13-15-12-8)7-14-6-9-4-2-3-5-11-9/h9,11H,2-7H2,1H3. The maximum absolute atomic E-state index is 5.57. The molecule has 0 amide bonds. The molecule has 5 nitrogen and oxygen atoms in total. The molecule has 1 N–H and O–H groups in total. The van der Waals surface area contributed by atoms with Crippen LogP contribution in [0, 0.1) is 6.92 Å². The fourth-order valence-corrected chi connectivity index (χ4v) is 1.74. The van der Waals surface area contributed by atoms with Crippen LogP contribution >= 0.6 is 0 Å². The summed E-state index contributed by atoms with van der Waals surface area (Å²) in [7, 11) is 0. The van der Waals surface area contributed by atoms with E-state index in [-0.39, 0.29) is 0 Å². The molecule has 1 unspecified atom stereocenters. The Hall–Kier alpha value is -0.940. The van der Waals surface area contributed by atoms with E-state index >= 15 is 0 Å². The van der Waals surface area contributed by atoms with Crippen LogP contribution in [0.2, 0.25) is 0 Å². The molecule has 0 spiro atoms. The van der Waals surface area contributed by atoms with E-state index in [2.05, 4.69) is 20.3 Å². The molecule has 2 rings (SSSR count). The predicted octanol–water partition coefficient (Wildman–Crippen LogP) is 1.04. The van der Waals surface area contributed by atoms with Gasteiger partial charge in [-0.25, -0.2) is 4.63 Å². The normalized spacial score (nSPS) is 21.8. The fraction of sp³-hybridized carbons (Fsp3) is 0.800. The summed E-state index contributed by atoms with van der Waals surface area (Å²) in [6, 6.07) is 0.499. The molecule has 15 heavy (non-hydrogen) atoms. The third-order valence-electron chi connectivity index (χ3n) is 2.72. The van der Waals surface area contributed by atoms with Crippen molar-refractivity contribution in [3.63, 3.8) is 0 Å². The van der Waals surface area contributed by atoms with Crippen LogP contribution in [-0.4, -0.2) is 29.5 Å². The van der Waals surface area contributed by atoms with Crippen molar-refractivity contribution in [2.24, 2.45) is 0 Å². The van der Waals surface area contributed by atoms with E-state index in [1.807, 2.05) is 6.92 Å². The molecule has 1 fully saturated rings. The van der Waals surface area contributed by atoms with E-state index in [0.717, 1.165) is 24.5 Å². The lowest BCUT2D eigenvalue weighted by atomic mass is 10.1. The van der Waals surface area contributed by atoms with E-state index in [1.165, 1.54) is 19.3 Å². The summed E-state index contributed by atoms with van der Waals surface area (Å²) in [5.74, 6) is 0. The second kappa shape index (κ2) is 5.23. The molecule has 1 saturated heterocycles. The number of piperidine rings is 1. The second-order valence-electron chi connectivity index (χ2n) is 3.96. The lowest BCUT2D eigenvalue weighted by molar-refractivity contribution is 0.0867. The summed E-state index contributed by atoms with van der Waals surface area (Å²) >= 11 is 0. The molecule has 0 radical (unpaired) electrons. The Morgan fingerprint density at radius 3 is 3.07 bits per heavy atom. The zero-order valence-electron chi connectivity index (χ0n) is 9.03. The molecule has 84 valence electrons. The summed E-state index contributed by atoms with van der Waals surface area (Å²) in [6.45, 7) is 4.21. The minimum atomic E-state index is 0.494.